The van der Waals surface area contributed by atoms with Gasteiger partial charge in [0.25, 0.3) is 0 Å². The summed E-state index contributed by atoms with van der Waals surface area (Å²) >= 11 is 0. The maximum absolute atomic E-state index is 13.2. The number of rotatable bonds is 4. The first kappa shape index (κ1) is 18.0. The van der Waals surface area contributed by atoms with Gasteiger partial charge >= 0.3 is 0 Å². The Morgan fingerprint density at radius 1 is 0.808 bits per heavy atom. The van der Waals surface area contributed by atoms with Crippen molar-refractivity contribution in [1.82, 2.24) is 0 Å². The molecule has 0 radical (unpaired) electrons. The van der Waals surface area contributed by atoms with E-state index >= 15 is 0 Å². The number of hydrogen-bond acceptors (Lipinski definition) is 2. The van der Waals surface area contributed by atoms with E-state index in [4.69, 9.17) is 0 Å². The lowest BCUT2D eigenvalue weighted by molar-refractivity contribution is -0.124. The molecule has 2 aromatic rings. The van der Waals surface area contributed by atoms with Gasteiger partial charge in [-0.05, 0) is 55.7 Å². The van der Waals surface area contributed by atoms with Crippen LogP contribution in [0.25, 0.3) is 0 Å². The number of amides is 2. The molecule has 0 heterocycles. The fourth-order valence-corrected chi connectivity index (χ4v) is 3.29. The zero-order valence-corrected chi connectivity index (χ0v) is 14.2. The van der Waals surface area contributed by atoms with Gasteiger partial charge in [-0.25, -0.2) is 8.78 Å². The van der Waals surface area contributed by atoms with E-state index in [1.165, 1.54) is 36.4 Å². The van der Waals surface area contributed by atoms with E-state index in [0.717, 1.165) is 6.42 Å². The molecule has 1 saturated carbocycles. The smallest absolute Gasteiger partial charge is 0.227 e. The molecule has 1 aliphatic rings. The first-order chi connectivity index (χ1) is 12.5. The fourth-order valence-electron chi connectivity index (χ4n) is 3.29. The Morgan fingerprint density at radius 2 is 1.27 bits per heavy atom. The summed E-state index contributed by atoms with van der Waals surface area (Å²) in [4.78, 5) is 24.9. The lowest BCUT2D eigenvalue weighted by Crippen LogP contribution is -2.33. The molecule has 0 aromatic heterocycles. The van der Waals surface area contributed by atoms with Crippen molar-refractivity contribution < 1.29 is 18.4 Å². The molecule has 0 spiro atoms. The summed E-state index contributed by atoms with van der Waals surface area (Å²) < 4.78 is 26.5. The molecule has 0 aliphatic heterocycles. The minimum Gasteiger partial charge on any atom is -0.326 e. The Bertz CT molecular complexity index is 744. The summed E-state index contributed by atoms with van der Waals surface area (Å²) in [7, 11) is 0. The SMILES string of the molecule is O=C(Nc1cccc(F)c1)[C@@H]1CCC[C@@H](C(=O)Nc2cccc(F)c2)C1. The topological polar surface area (TPSA) is 58.2 Å². The predicted octanol–water partition coefficient (Wildman–Crippen LogP) is 4.35. The summed E-state index contributed by atoms with van der Waals surface area (Å²) in [6, 6.07) is 11.4. The first-order valence-corrected chi connectivity index (χ1v) is 8.64. The molecular formula is C20H20F2N2O2. The van der Waals surface area contributed by atoms with Crippen LogP contribution in [0.15, 0.2) is 48.5 Å². The predicted molar refractivity (Wildman–Crippen MR) is 95.5 cm³/mol. The van der Waals surface area contributed by atoms with Gasteiger partial charge in [0.05, 0.1) is 0 Å². The van der Waals surface area contributed by atoms with E-state index in [-0.39, 0.29) is 23.7 Å². The van der Waals surface area contributed by atoms with Crippen molar-refractivity contribution in [2.45, 2.75) is 25.7 Å². The molecule has 2 atom stereocenters. The van der Waals surface area contributed by atoms with Crippen molar-refractivity contribution in [3.8, 4) is 0 Å². The van der Waals surface area contributed by atoms with Gasteiger partial charge in [0.1, 0.15) is 11.6 Å². The molecular weight excluding hydrogens is 338 g/mol. The normalized spacial score (nSPS) is 19.6. The fraction of sp³-hybridized carbons (Fsp3) is 0.300. The Hall–Kier alpha value is -2.76. The maximum Gasteiger partial charge on any atom is 0.227 e. The quantitative estimate of drug-likeness (QED) is 0.854. The second-order valence-electron chi connectivity index (χ2n) is 6.56. The molecule has 2 amide bonds. The van der Waals surface area contributed by atoms with Crippen LogP contribution in [0.5, 0.6) is 0 Å². The molecule has 4 nitrogen and oxygen atoms in total. The number of hydrogen-bond donors (Lipinski definition) is 2. The summed E-state index contributed by atoms with van der Waals surface area (Å²) in [5.41, 5.74) is 0.808. The highest BCUT2D eigenvalue weighted by atomic mass is 19.1. The van der Waals surface area contributed by atoms with Gasteiger partial charge in [0.2, 0.25) is 11.8 Å². The number of anilines is 2. The van der Waals surface area contributed by atoms with Crippen LogP contribution in [0.3, 0.4) is 0 Å². The minimum atomic E-state index is -0.418. The number of halogens is 2. The Balaban J connectivity index is 1.59. The highest BCUT2D eigenvalue weighted by Gasteiger charge is 2.31. The molecule has 0 saturated heterocycles. The third-order valence-corrected chi connectivity index (χ3v) is 4.60. The van der Waals surface area contributed by atoms with Gasteiger partial charge in [-0.1, -0.05) is 18.6 Å². The largest absolute Gasteiger partial charge is 0.326 e. The molecule has 136 valence electrons. The summed E-state index contributed by atoms with van der Waals surface area (Å²) in [5.74, 6) is -1.87. The zero-order chi connectivity index (χ0) is 18.5. The van der Waals surface area contributed by atoms with Crippen molar-refractivity contribution in [2.75, 3.05) is 10.6 Å². The number of nitrogens with one attached hydrogen (secondary N) is 2. The molecule has 2 aromatic carbocycles. The van der Waals surface area contributed by atoms with Gasteiger partial charge in [0, 0.05) is 23.2 Å². The Kier molecular flexibility index (Phi) is 5.61. The van der Waals surface area contributed by atoms with Crippen LogP contribution < -0.4 is 10.6 Å². The second-order valence-corrected chi connectivity index (χ2v) is 6.56. The third-order valence-electron chi connectivity index (χ3n) is 4.60. The second kappa shape index (κ2) is 8.08. The van der Waals surface area contributed by atoms with E-state index in [2.05, 4.69) is 10.6 Å². The average molecular weight is 358 g/mol. The Morgan fingerprint density at radius 3 is 1.69 bits per heavy atom. The monoisotopic (exact) mass is 358 g/mol. The van der Waals surface area contributed by atoms with Crippen LogP contribution in [-0.2, 0) is 9.59 Å². The summed E-state index contributed by atoms with van der Waals surface area (Å²) in [5, 5.41) is 5.42. The first-order valence-electron chi connectivity index (χ1n) is 8.64. The van der Waals surface area contributed by atoms with Crippen LogP contribution in [0, 0.1) is 23.5 Å². The van der Waals surface area contributed by atoms with E-state index in [1.807, 2.05) is 0 Å². The van der Waals surface area contributed by atoms with Crippen LogP contribution in [-0.4, -0.2) is 11.8 Å². The average Bonchev–Trinajstić information content (AvgIpc) is 2.62. The van der Waals surface area contributed by atoms with Crippen LogP contribution in [0.1, 0.15) is 25.7 Å². The van der Waals surface area contributed by atoms with Gasteiger partial charge in [-0.2, -0.15) is 0 Å². The van der Waals surface area contributed by atoms with Crippen molar-refractivity contribution in [3.05, 3.63) is 60.2 Å². The van der Waals surface area contributed by atoms with Crippen molar-refractivity contribution in [1.29, 1.82) is 0 Å². The van der Waals surface area contributed by atoms with E-state index in [0.29, 0.717) is 30.6 Å². The van der Waals surface area contributed by atoms with Gasteiger partial charge in [-0.3, -0.25) is 9.59 Å². The van der Waals surface area contributed by atoms with Gasteiger partial charge in [-0.15, -0.1) is 0 Å². The van der Waals surface area contributed by atoms with Gasteiger partial charge < -0.3 is 10.6 Å². The molecule has 6 heteroatoms. The lowest BCUT2D eigenvalue weighted by atomic mass is 9.80. The number of benzene rings is 2. The standard InChI is InChI=1S/C20H20F2N2O2/c21-15-6-2-8-17(11-15)23-19(25)13-4-1-5-14(10-13)20(26)24-18-9-3-7-16(22)12-18/h2-3,6-9,11-14H,1,4-5,10H2,(H,23,25)(H,24,26)/t13-,14-/m1/s1. The molecule has 1 fully saturated rings. The number of carbonyl (C=O) groups excluding carboxylic acids is 2. The highest BCUT2D eigenvalue weighted by Crippen LogP contribution is 2.31. The molecule has 1 aliphatic carbocycles. The van der Waals surface area contributed by atoms with Crippen molar-refractivity contribution in [3.63, 3.8) is 0 Å². The third kappa shape index (κ3) is 4.65. The van der Waals surface area contributed by atoms with Crippen molar-refractivity contribution in [2.24, 2.45) is 11.8 Å². The molecule has 26 heavy (non-hydrogen) atoms. The lowest BCUT2D eigenvalue weighted by Gasteiger charge is -2.27. The Labute approximate surface area is 150 Å². The van der Waals surface area contributed by atoms with Gasteiger partial charge in [0.15, 0.2) is 0 Å². The van der Waals surface area contributed by atoms with E-state index in [1.54, 1.807) is 12.1 Å². The molecule has 2 N–H and O–H groups in total. The molecule has 0 unspecified atom stereocenters. The van der Waals surface area contributed by atoms with E-state index in [9.17, 15) is 18.4 Å². The summed E-state index contributed by atoms with van der Waals surface area (Å²) in [6.45, 7) is 0. The van der Waals surface area contributed by atoms with Crippen LogP contribution in [0.4, 0.5) is 20.2 Å². The van der Waals surface area contributed by atoms with E-state index < -0.39 is 11.6 Å². The van der Waals surface area contributed by atoms with Crippen LogP contribution >= 0.6 is 0 Å². The van der Waals surface area contributed by atoms with Crippen molar-refractivity contribution >= 4 is 23.2 Å². The summed E-state index contributed by atoms with van der Waals surface area (Å²) in [6.07, 6.45) is 2.54. The minimum absolute atomic E-state index is 0.209. The molecule has 0 bridgehead atoms. The zero-order valence-electron chi connectivity index (χ0n) is 14.2. The maximum atomic E-state index is 13.2. The van der Waals surface area contributed by atoms with Crippen LogP contribution in [0.2, 0.25) is 0 Å². The number of carbonyl (C=O) groups is 2. The molecule has 3 rings (SSSR count). The highest BCUT2D eigenvalue weighted by molar-refractivity contribution is 5.95.